The summed E-state index contributed by atoms with van der Waals surface area (Å²) in [5.74, 6) is -2.70. The molecule has 1 aromatic rings. The molecule has 1 heterocycles. The molecule has 0 bridgehead atoms. The number of hydrogen-bond donors (Lipinski definition) is 2. The SMILES string of the molecule is NC(=O)C1CCCN(Cc2ccc(NC(=O)C3CCCC(C(F)(F)F)C3)cc2)C1. The molecule has 3 N–H and O–H groups in total. The summed E-state index contributed by atoms with van der Waals surface area (Å²) >= 11 is 0. The van der Waals surface area contributed by atoms with Crippen LogP contribution in [0.3, 0.4) is 0 Å². The highest BCUT2D eigenvalue weighted by Gasteiger charge is 2.43. The van der Waals surface area contributed by atoms with E-state index in [9.17, 15) is 22.8 Å². The van der Waals surface area contributed by atoms with Gasteiger partial charge in [0.15, 0.2) is 0 Å². The molecule has 8 heteroatoms. The van der Waals surface area contributed by atoms with Gasteiger partial charge in [0.05, 0.1) is 11.8 Å². The van der Waals surface area contributed by atoms with Crippen molar-refractivity contribution in [1.82, 2.24) is 4.90 Å². The average molecular weight is 411 g/mol. The molecule has 1 saturated carbocycles. The Kier molecular flexibility index (Phi) is 6.82. The molecule has 2 fully saturated rings. The van der Waals surface area contributed by atoms with E-state index in [1.54, 1.807) is 12.1 Å². The second-order valence-corrected chi connectivity index (χ2v) is 8.26. The lowest BCUT2D eigenvalue weighted by atomic mass is 9.80. The lowest BCUT2D eigenvalue weighted by molar-refractivity contribution is -0.185. The van der Waals surface area contributed by atoms with Crippen LogP contribution in [-0.4, -0.2) is 36.0 Å². The molecule has 3 atom stereocenters. The molecule has 2 amide bonds. The van der Waals surface area contributed by atoms with Crippen molar-refractivity contribution in [1.29, 1.82) is 0 Å². The van der Waals surface area contributed by atoms with E-state index < -0.39 is 18.0 Å². The monoisotopic (exact) mass is 411 g/mol. The van der Waals surface area contributed by atoms with E-state index in [1.165, 1.54) is 0 Å². The van der Waals surface area contributed by atoms with Crippen LogP contribution in [0.2, 0.25) is 0 Å². The zero-order chi connectivity index (χ0) is 21.0. The Bertz CT molecular complexity index is 721. The Morgan fingerprint density at radius 1 is 1.07 bits per heavy atom. The van der Waals surface area contributed by atoms with Crippen LogP contribution in [0.1, 0.15) is 44.1 Å². The summed E-state index contributed by atoms with van der Waals surface area (Å²) in [7, 11) is 0. The van der Waals surface area contributed by atoms with Crippen molar-refractivity contribution in [3.63, 3.8) is 0 Å². The van der Waals surface area contributed by atoms with Gasteiger partial charge < -0.3 is 11.1 Å². The van der Waals surface area contributed by atoms with Crippen LogP contribution in [0.5, 0.6) is 0 Å². The van der Waals surface area contributed by atoms with Gasteiger partial charge in [-0.15, -0.1) is 0 Å². The van der Waals surface area contributed by atoms with Crippen LogP contribution >= 0.6 is 0 Å². The van der Waals surface area contributed by atoms with E-state index >= 15 is 0 Å². The number of carbonyl (C=O) groups is 2. The van der Waals surface area contributed by atoms with E-state index in [2.05, 4.69) is 10.2 Å². The van der Waals surface area contributed by atoms with E-state index in [0.29, 0.717) is 31.6 Å². The first-order valence-electron chi connectivity index (χ1n) is 10.2. The smallest absolute Gasteiger partial charge is 0.369 e. The normalized spacial score (nSPS) is 26.1. The van der Waals surface area contributed by atoms with Gasteiger partial charge >= 0.3 is 6.18 Å². The molecule has 5 nitrogen and oxygen atoms in total. The predicted octanol–water partition coefficient (Wildman–Crippen LogP) is 3.69. The van der Waals surface area contributed by atoms with Gasteiger partial charge in [-0.3, -0.25) is 14.5 Å². The van der Waals surface area contributed by atoms with E-state index in [-0.39, 0.29) is 30.6 Å². The summed E-state index contributed by atoms with van der Waals surface area (Å²) in [5, 5.41) is 2.76. The molecule has 3 unspecified atom stereocenters. The van der Waals surface area contributed by atoms with Gasteiger partial charge in [0, 0.05) is 24.7 Å². The second kappa shape index (κ2) is 9.15. The molecular weight excluding hydrogens is 383 g/mol. The molecule has 1 aliphatic carbocycles. The fraction of sp³-hybridized carbons (Fsp3) is 0.619. The lowest BCUT2D eigenvalue weighted by Gasteiger charge is -2.31. The molecule has 0 aromatic heterocycles. The van der Waals surface area contributed by atoms with Crippen molar-refractivity contribution in [2.24, 2.45) is 23.5 Å². The zero-order valence-electron chi connectivity index (χ0n) is 16.4. The Morgan fingerprint density at radius 2 is 1.76 bits per heavy atom. The number of anilines is 1. The summed E-state index contributed by atoms with van der Waals surface area (Å²) in [6.45, 7) is 2.24. The van der Waals surface area contributed by atoms with Gasteiger partial charge in [-0.2, -0.15) is 13.2 Å². The number of amides is 2. The molecule has 1 aromatic carbocycles. The average Bonchev–Trinajstić information content (AvgIpc) is 2.69. The molecule has 0 radical (unpaired) electrons. The van der Waals surface area contributed by atoms with Crippen LogP contribution in [0.15, 0.2) is 24.3 Å². The number of nitrogens with zero attached hydrogens (tertiary/aromatic N) is 1. The topological polar surface area (TPSA) is 75.4 Å². The van der Waals surface area contributed by atoms with Crippen LogP contribution < -0.4 is 11.1 Å². The maximum Gasteiger partial charge on any atom is 0.391 e. The number of rotatable bonds is 5. The molecule has 3 rings (SSSR count). The number of halogens is 3. The maximum atomic E-state index is 12.9. The number of alkyl halides is 3. The summed E-state index contributed by atoms with van der Waals surface area (Å²) in [6.07, 6.45) is -1.59. The summed E-state index contributed by atoms with van der Waals surface area (Å²) in [4.78, 5) is 26.0. The highest BCUT2D eigenvalue weighted by atomic mass is 19.4. The quantitative estimate of drug-likeness (QED) is 0.776. The highest BCUT2D eigenvalue weighted by molar-refractivity contribution is 5.92. The van der Waals surface area contributed by atoms with Crippen molar-refractivity contribution in [2.45, 2.75) is 51.2 Å². The van der Waals surface area contributed by atoms with E-state index in [1.807, 2.05) is 12.1 Å². The van der Waals surface area contributed by atoms with Crippen molar-refractivity contribution < 1.29 is 22.8 Å². The largest absolute Gasteiger partial charge is 0.391 e. The molecule has 2 aliphatic rings. The first kappa shape index (κ1) is 21.6. The molecule has 1 aliphatic heterocycles. The number of piperidine rings is 1. The van der Waals surface area contributed by atoms with Gasteiger partial charge in [0.1, 0.15) is 0 Å². The third-order valence-electron chi connectivity index (χ3n) is 6.04. The highest BCUT2D eigenvalue weighted by Crippen LogP contribution is 2.40. The minimum atomic E-state index is -4.23. The zero-order valence-corrected chi connectivity index (χ0v) is 16.4. The minimum Gasteiger partial charge on any atom is -0.369 e. The number of nitrogens with one attached hydrogen (secondary N) is 1. The van der Waals surface area contributed by atoms with Crippen LogP contribution in [-0.2, 0) is 16.1 Å². The van der Waals surface area contributed by atoms with E-state index in [0.717, 1.165) is 24.9 Å². The fourth-order valence-corrected chi connectivity index (χ4v) is 4.35. The van der Waals surface area contributed by atoms with Crippen LogP contribution in [0.4, 0.5) is 18.9 Å². The van der Waals surface area contributed by atoms with Gasteiger partial charge in [0.2, 0.25) is 11.8 Å². The lowest BCUT2D eigenvalue weighted by Crippen LogP contribution is -2.40. The van der Waals surface area contributed by atoms with Crippen LogP contribution in [0, 0.1) is 17.8 Å². The van der Waals surface area contributed by atoms with Crippen molar-refractivity contribution in [2.75, 3.05) is 18.4 Å². The number of likely N-dealkylation sites (tertiary alicyclic amines) is 1. The summed E-state index contributed by atoms with van der Waals surface area (Å²) in [6, 6.07) is 7.32. The number of nitrogens with two attached hydrogens (primary N) is 1. The van der Waals surface area contributed by atoms with Crippen molar-refractivity contribution >= 4 is 17.5 Å². The number of hydrogen-bond acceptors (Lipinski definition) is 3. The third-order valence-corrected chi connectivity index (χ3v) is 6.04. The minimum absolute atomic E-state index is 0.106. The van der Waals surface area contributed by atoms with Gasteiger partial charge in [-0.05, 0) is 56.3 Å². The maximum absolute atomic E-state index is 12.9. The van der Waals surface area contributed by atoms with Crippen molar-refractivity contribution in [3.05, 3.63) is 29.8 Å². The number of carbonyl (C=O) groups excluding carboxylic acids is 2. The van der Waals surface area contributed by atoms with Crippen LogP contribution in [0.25, 0.3) is 0 Å². The van der Waals surface area contributed by atoms with Crippen molar-refractivity contribution in [3.8, 4) is 0 Å². The molecule has 0 spiro atoms. The second-order valence-electron chi connectivity index (χ2n) is 8.26. The molecule has 160 valence electrons. The molecule has 29 heavy (non-hydrogen) atoms. The van der Waals surface area contributed by atoms with Gasteiger partial charge in [-0.25, -0.2) is 0 Å². The first-order chi connectivity index (χ1) is 13.7. The van der Waals surface area contributed by atoms with E-state index in [4.69, 9.17) is 5.73 Å². The summed E-state index contributed by atoms with van der Waals surface area (Å²) in [5.41, 5.74) is 7.04. The summed E-state index contributed by atoms with van der Waals surface area (Å²) < 4.78 is 38.8. The number of primary amides is 1. The Morgan fingerprint density at radius 3 is 2.41 bits per heavy atom. The standard InChI is InChI=1S/C21H28F3N3O2/c22-21(23,24)17-5-1-3-15(11-17)20(29)26-18-8-6-14(7-9-18)12-27-10-2-4-16(13-27)19(25)28/h6-9,15-17H,1-5,10-13H2,(H2,25,28)(H,26,29). The number of benzene rings is 1. The first-order valence-corrected chi connectivity index (χ1v) is 10.2. The molecular formula is C21H28F3N3O2. The Hall–Kier alpha value is -2.09. The predicted molar refractivity (Wildman–Crippen MR) is 104 cm³/mol. The Labute approximate surface area is 168 Å². The molecule has 1 saturated heterocycles. The third kappa shape index (κ3) is 5.95. The Balaban J connectivity index is 1.52. The van der Waals surface area contributed by atoms with Gasteiger partial charge in [-0.1, -0.05) is 18.6 Å². The fourth-order valence-electron chi connectivity index (χ4n) is 4.35. The van der Waals surface area contributed by atoms with Gasteiger partial charge in [0.25, 0.3) is 0 Å².